The molecule has 0 nitrogen and oxygen atoms in total. The largest absolute Gasteiger partial charge is 2.00 e. The molecule has 0 saturated heterocycles. The second kappa shape index (κ2) is 8.99. The summed E-state index contributed by atoms with van der Waals surface area (Å²) < 4.78 is 0. The molecule has 0 radical (unpaired) electrons. The maximum Gasteiger partial charge on any atom is 2.00 e. The van der Waals surface area contributed by atoms with Crippen molar-refractivity contribution in [2.75, 3.05) is 0 Å². The first-order chi connectivity index (χ1) is 3.18. The molecule has 0 bridgehead atoms. The Morgan fingerprint density at radius 2 is 1.56 bits per heavy atom. The smallest absolute Gasteiger partial charge is 1.00 e. The average Bonchev–Trinajstić information content (AvgIpc) is 1.65. The number of halogens is 1. The van der Waals surface area contributed by atoms with Crippen molar-refractivity contribution in [3.8, 4) is 0 Å². The molecule has 0 rings (SSSR count). The first-order valence-corrected chi connectivity index (χ1v) is 2.60. The van der Waals surface area contributed by atoms with Crippen LogP contribution in [0.2, 0.25) is 0 Å². The van der Waals surface area contributed by atoms with Crippen LogP contribution in [0, 0.1) is 6.92 Å². The van der Waals surface area contributed by atoms with Gasteiger partial charge in [0.1, 0.15) is 0 Å². The van der Waals surface area contributed by atoms with E-state index in [0.29, 0.717) is 0 Å². The Balaban J connectivity index is -0.000000180. The first-order valence-electron chi connectivity index (χ1n) is 2.60. The number of rotatable bonds is 1. The Kier molecular flexibility index (Phi) is 16.5. The van der Waals surface area contributed by atoms with Crippen LogP contribution in [0.3, 0.4) is 0 Å². The van der Waals surface area contributed by atoms with Crippen molar-refractivity contribution in [3.63, 3.8) is 0 Å². The van der Waals surface area contributed by atoms with Gasteiger partial charge in [-0.05, 0) is 20.8 Å². The Labute approximate surface area is 85.0 Å². The van der Waals surface area contributed by atoms with E-state index in [0.717, 1.165) is 6.42 Å². The maximum atomic E-state index is 3.75. The minimum absolute atomic E-state index is 0. The fraction of sp³-hybridized carbons (Fsp3) is 0.571. The van der Waals surface area contributed by atoms with Gasteiger partial charge in [0.25, 0.3) is 0 Å². The molecule has 0 amide bonds. The molecule has 0 aromatic heterocycles. The van der Waals surface area contributed by atoms with E-state index in [4.69, 9.17) is 0 Å². The van der Waals surface area contributed by atoms with E-state index in [1.807, 2.05) is 0 Å². The molecule has 0 unspecified atom stereocenters. The Morgan fingerprint density at radius 1 is 1.22 bits per heavy atom. The fourth-order valence-electron chi connectivity index (χ4n) is 0.250. The van der Waals surface area contributed by atoms with Gasteiger partial charge in [-0.3, -0.25) is 0 Å². The minimum atomic E-state index is 0. The molecule has 2 heteroatoms. The summed E-state index contributed by atoms with van der Waals surface area (Å²) in [7, 11) is 0. The van der Waals surface area contributed by atoms with Crippen LogP contribution in [0.4, 0.5) is 0 Å². The van der Waals surface area contributed by atoms with Crippen molar-refractivity contribution in [2.24, 2.45) is 0 Å². The summed E-state index contributed by atoms with van der Waals surface area (Å²) in [6.45, 7) is 10.1. The Morgan fingerprint density at radius 3 is 1.56 bits per heavy atom. The molecule has 0 aliphatic heterocycles. The van der Waals surface area contributed by atoms with E-state index in [1.54, 1.807) is 0 Å². The van der Waals surface area contributed by atoms with Gasteiger partial charge in [0, 0.05) is 0 Å². The van der Waals surface area contributed by atoms with Gasteiger partial charge in [0.2, 0.25) is 0 Å². The van der Waals surface area contributed by atoms with Crippen LogP contribution in [0.1, 0.15) is 27.2 Å². The van der Waals surface area contributed by atoms with Crippen LogP contribution in [0.15, 0.2) is 11.1 Å². The number of hydrogen-bond acceptors (Lipinski definition) is 0. The molecular weight excluding hydrogens is 188 g/mol. The Hall–Kier alpha value is 0.986. The van der Waals surface area contributed by atoms with E-state index in [-0.39, 0.29) is 40.0 Å². The van der Waals surface area contributed by atoms with Gasteiger partial charge in [0.15, 0.2) is 0 Å². The van der Waals surface area contributed by atoms with Crippen LogP contribution in [0.25, 0.3) is 0 Å². The molecule has 0 N–H and O–H groups in total. The van der Waals surface area contributed by atoms with E-state index >= 15 is 0 Å². The third-order valence-electron chi connectivity index (χ3n) is 1.23. The quantitative estimate of drug-likeness (QED) is 0.296. The van der Waals surface area contributed by atoms with Crippen LogP contribution in [-0.2, 0) is 0 Å². The molecule has 0 saturated carbocycles. The summed E-state index contributed by atoms with van der Waals surface area (Å²) in [4.78, 5) is 0. The van der Waals surface area contributed by atoms with Crippen molar-refractivity contribution in [3.05, 3.63) is 18.1 Å². The van der Waals surface area contributed by atoms with Crippen molar-refractivity contribution < 1.29 is 17.0 Å². The summed E-state index contributed by atoms with van der Waals surface area (Å²) >= 11 is 0. The van der Waals surface area contributed by atoms with E-state index in [9.17, 15) is 0 Å². The molecule has 0 spiro atoms. The third kappa shape index (κ3) is 8.99. The van der Waals surface area contributed by atoms with Crippen LogP contribution in [0.5, 0.6) is 0 Å². The summed E-state index contributed by atoms with van der Waals surface area (Å²) in [6, 6.07) is 0. The predicted octanol–water partition coefficient (Wildman–Crippen LogP) is -0.810. The van der Waals surface area contributed by atoms with Gasteiger partial charge in [-0.2, -0.15) is 6.42 Å². The molecule has 0 heterocycles. The van der Waals surface area contributed by atoms with Gasteiger partial charge in [-0.1, -0.05) is 5.57 Å². The van der Waals surface area contributed by atoms with E-state index < -0.39 is 0 Å². The molecule has 0 aromatic carbocycles. The zero-order valence-electron chi connectivity index (χ0n) is 6.50. The first kappa shape index (κ1) is 16.5. The van der Waals surface area contributed by atoms with Crippen LogP contribution >= 0.6 is 0 Å². The van der Waals surface area contributed by atoms with E-state index in [1.165, 1.54) is 11.1 Å². The van der Waals surface area contributed by atoms with Gasteiger partial charge in [0.05, 0.1) is 0 Å². The average molecular weight is 201 g/mol. The monoisotopic (exact) mass is 200 g/mol. The zero-order valence-corrected chi connectivity index (χ0v) is 9.50. The molecule has 0 fully saturated rings. The number of allylic oxidation sites excluding steroid dienone is 2. The maximum absolute atomic E-state index is 3.75. The summed E-state index contributed by atoms with van der Waals surface area (Å²) in [5.41, 5.74) is 2.80. The summed E-state index contributed by atoms with van der Waals surface area (Å²) in [5, 5.41) is 0. The van der Waals surface area contributed by atoms with Gasteiger partial charge >= 0.3 is 23.1 Å². The predicted molar refractivity (Wildman–Crippen MR) is 39.8 cm³/mol. The fourth-order valence-corrected chi connectivity index (χ4v) is 0.250. The van der Waals surface area contributed by atoms with Crippen LogP contribution < -0.4 is 17.0 Å². The van der Waals surface area contributed by atoms with Gasteiger partial charge in [-0.25, -0.2) is 0 Å². The molecule has 0 aromatic rings. The van der Waals surface area contributed by atoms with Crippen molar-refractivity contribution in [2.45, 2.75) is 27.2 Å². The minimum Gasteiger partial charge on any atom is -1.00 e. The molecule has 50 valence electrons. The van der Waals surface area contributed by atoms with E-state index in [2.05, 4.69) is 27.7 Å². The molecule has 0 aliphatic carbocycles. The van der Waals surface area contributed by atoms with Crippen molar-refractivity contribution in [1.29, 1.82) is 0 Å². The SMILES string of the molecule is [Br-].[CH2-]CC(C)=C(C)C.[Mg+2]. The summed E-state index contributed by atoms with van der Waals surface area (Å²) in [5.74, 6) is 0. The molecular formula is C7H13BrMg. The van der Waals surface area contributed by atoms with Crippen LogP contribution in [-0.4, -0.2) is 23.1 Å². The third-order valence-corrected chi connectivity index (χ3v) is 1.23. The molecule has 0 atom stereocenters. The van der Waals surface area contributed by atoms with Gasteiger partial charge in [-0.15, -0.1) is 5.57 Å². The van der Waals surface area contributed by atoms with Gasteiger partial charge < -0.3 is 23.9 Å². The molecule has 9 heavy (non-hydrogen) atoms. The number of hydrogen-bond donors (Lipinski definition) is 0. The second-order valence-corrected chi connectivity index (χ2v) is 2.03. The van der Waals surface area contributed by atoms with Crippen molar-refractivity contribution >= 4 is 23.1 Å². The second-order valence-electron chi connectivity index (χ2n) is 2.03. The Bertz CT molecular complexity index is 82.9. The topological polar surface area (TPSA) is 0 Å². The summed E-state index contributed by atoms with van der Waals surface area (Å²) in [6.07, 6.45) is 0.947. The molecule has 0 aliphatic rings. The van der Waals surface area contributed by atoms with Crippen molar-refractivity contribution in [1.82, 2.24) is 0 Å². The normalized spacial score (nSPS) is 6.67. The zero-order chi connectivity index (χ0) is 5.86. The standard InChI is InChI=1S/C7H13.BrH.Mg/c1-5-7(4)6(2)3;;/h1,5H2,2-4H3;1H;/q-1;;+2/p-1.